The van der Waals surface area contributed by atoms with Crippen molar-refractivity contribution in [1.29, 1.82) is 0 Å². The molecule has 1 aliphatic rings. The first-order chi connectivity index (χ1) is 9.58. The van der Waals surface area contributed by atoms with Crippen molar-refractivity contribution in [3.8, 4) is 5.75 Å². The molecule has 2 N–H and O–H groups in total. The second kappa shape index (κ2) is 6.97. The number of benzene rings is 1. The van der Waals surface area contributed by atoms with Gasteiger partial charge < -0.3 is 15.4 Å². The molecule has 0 bridgehead atoms. The highest BCUT2D eigenvalue weighted by Gasteiger charge is 2.23. The molecule has 1 atom stereocenters. The lowest BCUT2D eigenvalue weighted by Gasteiger charge is -2.25. The third kappa shape index (κ3) is 3.88. The van der Waals surface area contributed by atoms with Crippen LogP contribution in [0.2, 0.25) is 0 Å². The van der Waals surface area contributed by atoms with Crippen LogP contribution in [0.25, 0.3) is 0 Å². The summed E-state index contributed by atoms with van der Waals surface area (Å²) in [5.74, 6) is 0.668. The summed E-state index contributed by atoms with van der Waals surface area (Å²) in [6.45, 7) is 3.47. The fraction of sp³-hybridized carbons (Fsp3) is 0.533. The molecular formula is C15H21BrN2O2. The van der Waals surface area contributed by atoms with Gasteiger partial charge in [0.2, 0.25) is 0 Å². The minimum absolute atomic E-state index is 0.0567. The van der Waals surface area contributed by atoms with Gasteiger partial charge in [-0.25, -0.2) is 0 Å². The van der Waals surface area contributed by atoms with E-state index in [1.165, 1.54) is 12.8 Å². The molecule has 1 aromatic rings. The van der Waals surface area contributed by atoms with Crippen LogP contribution >= 0.6 is 15.9 Å². The van der Waals surface area contributed by atoms with Gasteiger partial charge in [0.1, 0.15) is 5.75 Å². The lowest BCUT2D eigenvalue weighted by atomic mass is 10.2. The lowest BCUT2D eigenvalue weighted by molar-refractivity contribution is -0.137. The summed E-state index contributed by atoms with van der Waals surface area (Å²) in [4.78, 5) is 14.3. The molecule has 0 saturated carbocycles. The van der Waals surface area contributed by atoms with Crippen LogP contribution in [-0.4, -0.2) is 30.0 Å². The van der Waals surface area contributed by atoms with E-state index < -0.39 is 6.10 Å². The molecule has 20 heavy (non-hydrogen) atoms. The van der Waals surface area contributed by atoms with Gasteiger partial charge in [0.25, 0.3) is 5.91 Å². The van der Waals surface area contributed by atoms with E-state index in [1.807, 2.05) is 11.0 Å². The highest BCUT2D eigenvalue weighted by atomic mass is 79.9. The molecule has 1 unspecified atom stereocenters. The Bertz CT molecular complexity index is 471. The van der Waals surface area contributed by atoms with Crippen molar-refractivity contribution in [3.05, 3.63) is 22.7 Å². The molecule has 110 valence electrons. The number of ether oxygens (including phenoxy) is 1. The molecule has 5 heteroatoms. The summed E-state index contributed by atoms with van der Waals surface area (Å²) < 4.78 is 6.57. The van der Waals surface area contributed by atoms with E-state index >= 15 is 0 Å². The Kier molecular flexibility index (Phi) is 5.29. The summed E-state index contributed by atoms with van der Waals surface area (Å²) in [6.07, 6.45) is 4.09. The number of nitrogens with zero attached hydrogens (tertiary/aromatic N) is 1. The maximum absolute atomic E-state index is 12.4. The molecule has 0 aliphatic carbocycles. The molecule has 0 aromatic heterocycles. The third-order valence-electron chi connectivity index (χ3n) is 3.52. The van der Waals surface area contributed by atoms with Crippen LogP contribution in [-0.2, 0) is 4.79 Å². The number of halogens is 1. The molecule has 1 saturated heterocycles. The largest absolute Gasteiger partial charge is 0.480 e. The normalized spacial score (nSPS) is 17.4. The van der Waals surface area contributed by atoms with Gasteiger partial charge in [-0.05, 0) is 47.8 Å². The lowest BCUT2D eigenvalue weighted by Crippen LogP contribution is -2.41. The van der Waals surface area contributed by atoms with Gasteiger partial charge in [-0.1, -0.05) is 12.8 Å². The predicted molar refractivity (Wildman–Crippen MR) is 83.7 cm³/mol. The van der Waals surface area contributed by atoms with Crippen LogP contribution in [0.4, 0.5) is 5.69 Å². The highest BCUT2D eigenvalue weighted by Crippen LogP contribution is 2.28. The van der Waals surface area contributed by atoms with E-state index in [9.17, 15) is 4.79 Å². The molecule has 1 aliphatic heterocycles. The molecule has 1 amide bonds. The summed E-state index contributed by atoms with van der Waals surface area (Å²) in [5, 5.41) is 0. The number of nitrogen functional groups attached to an aromatic ring is 1. The first-order valence-electron chi connectivity index (χ1n) is 7.08. The number of anilines is 1. The molecule has 0 spiro atoms. The fourth-order valence-corrected chi connectivity index (χ4v) is 2.74. The summed E-state index contributed by atoms with van der Waals surface area (Å²) in [6, 6.07) is 5.35. The van der Waals surface area contributed by atoms with Crippen molar-refractivity contribution < 1.29 is 9.53 Å². The first-order valence-corrected chi connectivity index (χ1v) is 7.87. The van der Waals surface area contributed by atoms with Crippen LogP contribution in [0.1, 0.15) is 32.6 Å². The minimum atomic E-state index is -0.494. The monoisotopic (exact) mass is 340 g/mol. The van der Waals surface area contributed by atoms with Gasteiger partial charge in [0.05, 0.1) is 4.47 Å². The summed E-state index contributed by atoms with van der Waals surface area (Å²) >= 11 is 3.41. The van der Waals surface area contributed by atoms with Gasteiger partial charge in [-0.15, -0.1) is 0 Å². The fourth-order valence-electron chi connectivity index (χ4n) is 2.40. The van der Waals surface area contributed by atoms with Gasteiger partial charge in [0, 0.05) is 24.8 Å². The van der Waals surface area contributed by atoms with Gasteiger partial charge in [-0.2, -0.15) is 0 Å². The topological polar surface area (TPSA) is 55.6 Å². The van der Waals surface area contributed by atoms with E-state index in [-0.39, 0.29) is 5.91 Å². The smallest absolute Gasteiger partial charge is 0.263 e. The van der Waals surface area contributed by atoms with Crippen molar-refractivity contribution in [2.75, 3.05) is 18.8 Å². The second-order valence-electron chi connectivity index (χ2n) is 5.19. The molecule has 1 heterocycles. The average molecular weight is 341 g/mol. The zero-order valence-electron chi connectivity index (χ0n) is 11.8. The molecule has 4 nitrogen and oxygen atoms in total. The number of likely N-dealkylation sites (tertiary alicyclic amines) is 1. The van der Waals surface area contributed by atoms with E-state index in [0.717, 1.165) is 30.4 Å². The number of carbonyl (C=O) groups is 1. The van der Waals surface area contributed by atoms with Gasteiger partial charge >= 0.3 is 0 Å². The number of amides is 1. The van der Waals surface area contributed by atoms with Crippen molar-refractivity contribution in [2.24, 2.45) is 0 Å². The first kappa shape index (κ1) is 15.2. The summed E-state index contributed by atoms with van der Waals surface area (Å²) in [5.41, 5.74) is 6.37. The van der Waals surface area contributed by atoms with E-state index in [2.05, 4.69) is 15.9 Å². The Morgan fingerprint density at radius 3 is 2.60 bits per heavy atom. The summed E-state index contributed by atoms with van der Waals surface area (Å²) in [7, 11) is 0. The Morgan fingerprint density at radius 1 is 1.30 bits per heavy atom. The number of nitrogens with two attached hydrogens (primary N) is 1. The van der Waals surface area contributed by atoms with Gasteiger partial charge in [-0.3, -0.25) is 4.79 Å². The van der Waals surface area contributed by atoms with Crippen LogP contribution in [0, 0.1) is 0 Å². The Labute approximate surface area is 128 Å². The molecule has 2 rings (SSSR count). The zero-order chi connectivity index (χ0) is 14.5. The quantitative estimate of drug-likeness (QED) is 0.859. The maximum atomic E-state index is 12.4. The molecule has 1 fully saturated rings. The minimum Gasteiger partial charge on any atom is -0.480 e. The Morgan fingerprint density at radius 2 is 1.95 bits per heavy atom. The Balaban J connectivity index is 2.01. The van der Waals surface area contributed by atoms with Crippen LogP contribution < -0.4 is 10.5 Å². The number of hydrogen-bond donors (Lipinski definition) is 1. The van der Waals surface area contributed by atoms with E-state index in [1.54, 1.807) is 19.1 Å². The van der Waals surface area contributed by atoms with Crippen molar-refractivity contribution in [2.45, 2.75) is 38.7 Å². The van der Waals surface area contributed by atoms with Crippen LogP contribution in [0.5, 0.6) is 5.75 Å². The zero-order valence-corrected chi connectivity index (χ0v) is 13.4. The van der Waals surface area contributed by atoms with E-state index in [4.69, 9.17) is 10.5 Å². The van der Waals surface area contributed by atoms with Crippen molar-refractivity contribution >= 4 is 27.5 Å². The number of hydrogen-bond acceptors (Lipinski definition) is 3. The highest BCUT2D eigenvalue weighted by molar-refractivity contribution is 9.10. The standard InChI is InChI=1S/C15H21BrN2O2/c1-11(15(19)18-8-4-2-3-5-9-18)20-14-10-12(17)6-7-13(14)16/h6-7,10-11H,2-5,8-9,17H2,1H3. The number of rotatable bonds is 3. The van der Waals surface area contributed by atoms with Crippen molar-refractivity contribution in [3.63, 3.8) is 0 Å². The van der Waals surface area contributed by atoms with Crippen LogP contribution in [0.15, 0.2) is 22.7 Å². The molecule has 1 aromatic carbocycles. The average Bonchev–Trinajstić information content (AvgIpc) is 2.71. The SMILES string of the molecule is CC(Oc1cc(N)ccc1Br)C(=O)N1CCCCCC1. The molecular weight excluding hydrogens is 320 g/mol. The van der Waals surface area contributed by atoms with Crippen LogP contribution in [0.3, 0.4) is 0 Å². The molecule has 0 radical (unpaired) electrons. The Hall–Kier alpha value is -1.23. The van der Waals surface area contributed by atoms with Crippen molar-refractivity contribution in [1.82, 2.24) is 4.90 Å². The van der Waals surface area contributed by atoms with Gasteiger partial charge in [0.15, 0.2) is 6.10 Å². The second-order valence-corrected chi connectivity index (χ2v) is 6.04. The maximum Gasteiger partial charge on any atom is 0.263 e. The number of carbonyl (C=O) groups excluding carboxylic acids is 1. The van der Waals surface area contributed by atoms with E-state index in [0.29, 0.717) is 11.4 Å². The third-order valence-corrected chi connectivity index (χ3v) is 4.18. The predicted octanol–water partition coefficient (Wildman–Crippen LogP) is 3.20.